The minimum absolute atomic E-state index is 0.138. The smallest absolute Gasteiger partial charge is 0.234 e. The molecule has 9 heteroatoms. The predicted octanol–water partition coefficient (Wildman–Crippen LogP) is 2.51. The van der Waals surface area contributed by atoms with Gasteiger partial charge in [0.25, 0.3) is 0 Å². The van der Waals surface area contributed by atoms with Crippen LogP contribution in [0, 0.1) is 0 Å². The standard InChI is InChI=1S/C17H19N5O3S/c1-3-15(24)20-14-7-8-17(22-21-14)26-10-16(25)19-13-6-4-5-12(9-13)18-11(2)23/h4-9H,3,10H2,1-2H3,(H,18,23)(H,19,25)(H,20,21,24). The quantitative estimate of drug-likeness (QED) is 0.643. The number of thioether (sulfide) groups is 1. The zero-order chi connectivity index (χ0) is 18.9. The first-order chi connectivity index (χ1) is 12.5. The zero-order valence-corrected chi connectivity index (χ0v) is 15.2. The molecule has 3 N–H and O–H groups in total. The van der Waals surface area contributed by atoms with Crippen LogP contribution >= 0.6 is 11.8 Å². The van der Waals surface area contributed by atoms with E-state index in [9.17, 15) is 14.4 Å². The minimum Gasteiger partial charge on any atom is -0.326 e. The Balaban J connectivity index is 1.85. The van der Waals surface area contributed by atoms with Gasteiger partial charge in [-0.05, 0) is 30.3 Å². The van der Waals surface area contributed by atoms with Crippen LogP contribution in [0.15, 0.2) is 41.4 Å². The van der Waals surface area contributed by atoms with Gasteiger partial charge in [0, 0.05) is 24.7 Å². The third-order valence-corrected chi connectivity index (χ3v) is 3.97. The highest BCUT2D eigenvalue weighted by atomic mass is 32.2. The summed E-state index contributed by atoms with van der Waals surface area (Å²) < 4.78 is 0. The number of anilines is 3. The number of aromatic nitrogens is 2. The van der Waals surface area contributed by atoms with Crippen LogP contribution in [-0.2, 0) is 14.4 Å². The molecule has 0 saturated carbocycles. The number of hydrogen-bond donors (Lipinski definition) is 3. The van der Waals surface area contributed by atoms with E-state index in [0.29, 0.717) is 28.6 Å². The van der Waals surface area contributed by atoms with Crippen molar-refractivity contribution in [2.45, 2.75) is 25.3 Å². The molecule has 0 aliphatic carbocycles. The number of carbonyl (C=O) groups is 3. The van der Waals surface area contributed by atoms with Crippen LogP contribution < -0.4 is 16.0 Å². The Labute approximate surface area is 155 Å². The van der Waals surface area contributed by atoms with Gasteiger partial charge in [0.15, 0.2) is 5.82 Å². The normalized spacial score (nSPS) is 10.1. The van der Waals surface area contributed by atoms with Crippen molar-refractivity contribution in [3.63, 3.8) is 0 Å². The first kappa shape index (κ1) is 19.4. The van der Waals surface area contributed by atoms with Gasteiger partial charge >= 0.3 is 0 Å². The molecular weight excluding hydrogens is 354 g/mol. The van der Waals surface area contributed by atoms with Crippen molar-refractivity contribution in [1.29, 1.82) is 0 Å². The molecule has 2 rings (SSSR count). The van der Waals surface area contributed by atoms with E-state index in [-0.39, 0.29) is 23.5 Å². The van der Waals surface area contributed by atoms with Gasteiger partial charge < -0.3 is 16.0 Å². The molecule has 0 radical (unpaired) electrons. The van der Waals surface area contributed by atoms with Gasteiger partial charge in [-0.1, -0.05) is 24.8 Å². The van der Waals surface area contributed by atoms with E-state index < -0.39 is 0 Å². The van der Waals surface area contributed by atoms with Crippen molar-refractivity contribution in [2.24, 2.45) is 0 Å². The third kappa shape index (κ3) is 6.52. The molecule has 0 atom stereocenters. The summed E-state index contributed by atoms with van der Waals surface area (Å²) >= 11 is 1.23. The molecule has 0 spiro atoms. The van der Waals surface area contributed by atoms with Crippen molar-refractivity contribution in [2.75, 3.05) is 21.7 Å². The molecule has 0 fully saturated rings. The van der Waals surface area contributed by atoms with Crippen molar-refractivity contribution in [3.05, 3.63) is 36.4 Å². The second-order valence-electron chi connectivity index (χ2n) is 5.26. The van der Waals surface area contributed by atoms with Crippen molar-refractivity contribution in [1.82, 2.24) is 10.2 Å². The van der Waals surface area contributed by atoms with Gasteiger partial charge in [-0.15, -0.1) is 10.2 Å². The molecule has 1 aromatic carbocycles. The van der Waals surface area contributed by atoms with E-state index in [1.54, 1.807) is 43.3 Å². The topological polar surface area (TPSA) is 113 Å². The fourth-order valence-electron chi connectivity index (χ4n) is 1.91. The summed E-state index contributed by atoms with van der Waals surface area (Å²) in [5.41, 5.74) is 1.20. The van der Waals surface area contributed by atoms with E-state index in [1.165, 1.54) is 18.7 Å². The van der Waals surface area contributed by atoms with Crippen LogP contribution in [0.2, 0.25) is 0 Å². The molecule has 136 valence electrons. The number of rotatable bonds is 7. The second kappa shape index (κ2) is 9.52. The minimum atomic E-state index is -0.208. The lowest BCUT2D eigenvalue weighted by molar-refractivity contribution is -0.116. The Morgan fingerprint density at radius 1 is 0.962 bits per heavy atom. The summed E-state index contributed by atoms with van der Waals surface area (Å²) in [7, 11) is 0. The Bertz CT molecular complexity index is 795. The van der Waals surface area contributed by atoms with Gasteiger partial charge in [-0.25, -0.2) is 0 Å². The molecule has 0 aliphatic heterocycles. The molecule has 1 aromatic heterocycles. The predicted molar refractivity (Wildman–Crippen MR) is 101 cm³/mol. The number of hydrogen-bond acceptors (Lipinski definition) is 6. The Kier molecular flexibility index (Phi) is 7.10. The highest BCUT2D eigenvalue weighted by Crippen LogP contribution is 2.18. The molecule has 0 aliphatic rings. The monoisotopic (exact) mass is 373 g/mol. The van der Waals surface area contributed by atoms with Gasteiger partial charge in [0.2, 0.25) is 17.7 Å². The van der Waals surface area contributed by atoms with E-state index in [0.717, 1.165) is 0 Å². The van der Waals surface area contributed by atoms with Gasteiger partial charge in [-0.3, -0.25) is 14.4 Å². The van der Waals surface area contributed by atoms with E-state index in [4.69, 9.17) is 0 Å². The number of carbonyl (C=O) groups excluding carboxylic acids is 3. The SMILES string of the molecule is CCC(=O)Nc1ccc(SCC(=O)Nc2cccc(NC(C)=O)c2)nn1. The lowest BCUT2D eigenvalue weighted by Gasteiger charge is -2.08. The maximum Gasteiger partial charge on any atom is 0.234 e. The number of nitrogens with one attached hydrogen (secondary N) is 3. The first-order valence-corrected chi connectivity index (χ1v) is 8.88. The highest BCUT2D eigenvalue weighted by molar-refractivity contribution is 7.99. The van der Waals surface area contributed by atoms with E-state index in [2.05, 4.69) is 26.1 Å². The Hall–Kier alpha value is -2.94. The van der Waals surface area contributed by atoms with Gasteiger partial charge in [0.1, 0.15) is 5.03 Å². The fraction of sp³-hybridized carbons (Fsp3) is 0.235. The lowest BCUT2D eigenvalue weighted by Crippen LogP contribution is -2.15. The summed E-state index contributed by atoms with van der Waals surface area (Å²) in [6.45, 7) is 3.17. The molecule has 26 heavy (non-hydrogen) atoms. The number of amides is 3. The molecule has 1 heterocycles. The van der Waals surface area contributed by atoms with Crippen LogP contribution in [0.3, 0.4) is 0 Å². The molecule has 2 aromatic rings. The van der Waals surface area contributed by atoms with Crippen molar-refractivity contribution >= 4 is 46.7 Å². The van der Waals surface area contributed by atoms with Crippen LogP contribution in [-0.4, -0.2) is 33.7 Å². The highest BCUT2D eigenvalue weighted by Gasteiger charge is 2.07. The average molecular weight is 373 g/mol. The molecule has 3 amide bonds. The second-order valence-corrected chi connectivity index (χ2v) is 6.25. The molecule has 0 unspecified atom stereocenters. The van der Waals surface area contributed by atoms with Crippen molar-refractivity contribution < 1.29 is 14.4 Å². The maximum absolute atomic E-state index is 12.0. The number of nitrogens with zero attached hydrogens (tertiary/aromatic N) is 2. The Morgan fingerprint density at radius 3 is 2.31 bits per heavy atom. The molecule has 8 nitrogen and oxygen atoms in total. The van der Waals surface area contributed by atoms with E-state index >= 15 is 0 Å². The van der Waals surface area contributed by atoms with Crippen LogP contribution in [0.5, 0.6) is 0 Å². The van der Waals surface area contributed by atoms with Crippen LogP contribution in [0.25, 0.3) is 0 Å². The molecule has 0 saturated heterocycles. The molecule has 0 bridgehead atoms. The zero-order valence-electron chi connectivity index (χ0n) is 14.4. The van der Waals surface area contributed by atoms with Crippen LogP contribution in [0.4, 0.5) is 17.2 Å². The maximum atomic E-state index is 12.0. The molecular formula is C17H19N5O3S. The summed E-state index contributed by atoms with van der Waals surface area (Å²) in [6, 6.07) is 10.2. The van der Waals surface area contributed by atoms with Gasteiger partial charge in [0.05, 0.1) is 5.75 Å². The summed E-state index contributed by atoms with van der Waals surface area (Å²) in [5.74, 6) is 0.00187. The third-order valence-electron chi connectivity index (χ3n) is 3.05. The lowest BCUT2D eigenvalue weighted by atomic mass is 10.2. The largest absolute Gasteiger partial charge is 0.326 e. The summed E-state index contributed by atoms with van der Waals surface area (Å²) in [6.07, 6.45) is 0.363. The van der Waals surface area contributed by atoms with Crippen LogP contribution in [0.1, 0.15) is 20.3 Å². The first-order valence-electron chi connectivity index (χ1n) is 7.90. The van der Waals surface area contributed by atoms with Gasteiger partial charge in [-0.2, -0.15) is 0 Å². The summed E-state index contributed by atoms with van der Waals surface area (Å²) in [5, 5.41) is 16.4. The van der Waals surface area contributed by atoms with E-state index in [1.807, 2.05) is 0 Å². The van der Waals surface area contributed by atoms with Crippen molar-refractivity contribution in [3.8, 4) is 0 Å². The Morgan fingerprint density at radius 2 is 1.69 bits per heavy atom. The number of benzene rings is 1. The summed E-state index contributed by atoms with van der Waals surface area (Å²) in [4.78, 5) is 34.4. The fourth-order valence-corrected chi connectivity index (χ4v) is 2.52. The average Bonchev–Trinajstić information content (AvgIpc) is 2.60.